The summed E-state index contributed by atoms with van der Waals surface area (Å²) < 4.78 is 5.68. The molecule has 210 valence electrons. The largest absolute Gasteiger partial charge is 0.366 e. The molecule has 1 fully saturated rings. The Bertz CT molecular complexity index is 1350. The first-order valence-electron chi connectivity index (χ1n) is 13.8. The summed E-state index contributed by atoms with van der Waals surface area (Å²) in [5.74, 6) is 5.06. The molecule has 0 bridgehead atoms. The molecule has 0 saturated carbocycles. The lowest BCUT2D eigenvalue weighted by molar-refractivity contribution is -0.158. The second kappa shape index (κ2) is 12.6. The summed E-state index contributed by atoms with van der Waals surface area (Å²) in [5.41, 5.74) is 9.06. The Morgan fingerprint density at radius 2 is 1.85 bits per heavy atom. The summed E-state index contributed by atoms with van der Waals surface area (Å²) in [6, 6.07) is 13.1. The van der Waals surface area contributed by atoms with Crippen molar-refractivity contribution < 1.29 is 23.9 Å². The quantitative estimate of drug-likeness (QED) is 0.205. The van der Waals surface area contributed by atoms with E-state index >= 15 is 0 Å². The molecule has 0 radical (unpaired) electrons. The highest BCUT2D eigenvalue weighted by Gasteiger charge is 2.42. The number of primary amides is 1. The molecule has 2 aliphatic heterocycles. The zero-order chi connectivity index (χ0) is 28.9. The molecule has 1 atom stereocenters. The average Bonchev–Trinajstić information content (AvgIpc) is 3.23. The van der Waals surface area contributed by atoms with Crippen molar-refractivity contribution in [3.8, 4) is 11.8 Å². The number of carbonyl (C=O) groups is 4. The number of unbranched alkanes of at least 4 members (excludes halogenated alkanes) is 1. The first-order chi connectivity index (χ1) is 19.0. The van der Waals surface area contributed by atoms with E-state index in [4.69, 9.17) is 10.5 Å². The molecule has 0 spiro atoms. The van der Waals surface area contributed by atoms with Crippen LogP contribution in [0.25, 0.3) is 0 Å². The van der Waals surface area contributed by atoms with Crippen molar-refractivity contribution in [2.24, 2.45) is 5.73 Å². The van der Waals surface area contributed by atoms with E-state index in [-0.39, 0.29) is 30.9 Å². The van der Waals surface area contributed by atoms with Crippen LogP contribution >= 0.6 is 0 Å². The van der Waals surface area contributed by atoms with Crippen LogP contribution in [0.5, 0.6) is 0 Å². The van der Waals surface area contributed by atoms with Crippen LogP contribution in [0.2, 0.25) is 25.7 Å². The number of benzene rings is 2. The van der Waals surface area contributed by atoms with E-state index in [9.17, 15) is 19.2 Å². The van der Waals surface area contributed by atoms with Crippen molar-refractivity contribution in [3.63, 3.8) is 0 Å². The number of nitrogens with zero attached hydrogens (tertiary/aromatic N) is 2. The van der Waals surface area contributed by atoms with Gasteiger partial charge in [0.15, 0.2) is 0 Å². The van der Waals surface area contributed by atoms with Crippen molar-refractivity contribution in [1.82, 2.24) is 9.80 Å². The number of carbonyl (C=O) groups excluding carboxylic acids is 4. The Kier molecular flexibility index (Phi) is 9.23. The van der Waals surface area contributed by atoms with Crippen LogP contribution in [0.15, 0.2) is 42.5 Å². The summed E-state index contributed by atoms with van der Waals surface area (Å²) in [6.45, 7) is 7.52. The minimum atomic E-state index is -1.28. The zero-order valence-corrected chi connectivity index (χ0v) is 24.5. The molecule has 1 saturated heterocycles. The predicted molar refractivity (Wildman–Crippen MR) is 155 cm³/mol. The Balaban J connectivity index is 1.32. The average molecular weight is 560 g/mol. The first kappa shape index (κ1) is 29.2. The van der Waals surface area contributed by atoms with Crippen LogP contribution < -0.4 is 5.73 Å². The van der Waals surface area contributed by atoms with Gasteiger partial charge in [-0.2, -0.15) is 0 Å². The van der Waals surface area contributed by atoms with Crippen molar-refractivity contribution in [1.29, 1.82) is 0 Å². The smallest absolute Gasteiger partial charge is 0.255 e. The molecule has 9 heteroatoms. The van der Waals surface area contributed by atoms with Gasteiger partial charge >= 0.3 is 0 Å². The molecule has 0 aliphatic carbocycles. The molecular formula is C31H37N3O5Si. The van der Waals surface area contributed by atoms with Crippen LogP contribution in [0.1, 0.15) is 63.1 Å². The number of hydrogen-bond acceptors (Lipinski definition) is 5. The standard InChI is InChI=1S/C31H37N3O5Si/c1-40(2,3)18-17-39-21-34-28(35)16-15-27(31(34)38)33-20-25-14-11-23(19-26(25)30(33)37)8-6-4-5-7-22-9-12-24(13-10-22)29(32)36/h9-14,19,27H,4-5,7,15-18,20-21H2,1-3H3,(H2,32,36). The van der Waals surface area contributed by atoms with Crippen LogP contribution in [0, 0.1) is 11.8 Å². The molecule has 40 heavy (non-hydrogen) atoms. The Hall–Kier alpha value is -3.74. The second-order valence-electron chi connectivity index (χ2n) is 11.6. The zero-order valence-electron chi connectivity index (χ0n) is 23.5. The van der Waals surface area contributed by atoms with E-state index in [1.54, 1.807) is 23.1 Å². The minimum absolute atomic E-state index is 0.0634. The van der Waals surface area contributed by atoms with Gasteiger partial charge in [0, 0.05) is 50.8 Å². The van der Waals surface area contributed by atoms with Gasteiger partial charge in [0.25, 0.3) is 11.8 Å². The van der Waals surface area contributed by atoms with Gasteiger partial charge in [-0.25, -0.2) is 0 Å². The number of amides is 4. The fourth-order valence-electron chi connectivity index (χ4n) is 4.81. The number of hydrogen-bond donors (Lipinski definition) is 1. The van der Waals surface area contributed by atoms with Gasteiger partial charge in [0.05, 0.1) is 0 Å². The van der Waals surface area contributed by atoms with Crippen LogP contribution in [-0.2, 0) is 27.3 Å². The topological polar surface area (TPSA) is 110 Å². The predicted octanol–water partition coefficient (Wildman–Crippen LogP) is 3.95. The van der Waals surface area contributed by atoms with E-state index in [2.05, 4.69) is 31.5 Å². The third-order valence-corrected chi connectivity index (χ3v) is 8.96. The second-order valence-corrected chi connectivity index (χ2v) is 17.2. The van der Waals surface area contributed by atoms with Gasteiger partial charge in [-0.05, 0) is 60.7 Å². The minimum Gasteiger partial charge on any atom is -0.366 e. The fraction of sp³-hybridized carbons (Fsp3) is 0.419. The third kappa shape index (κ3) is 7.26. The molecule has 1 unspecified atom stereocenters. The maximum absolute atomic E-state index is 13.3. The molecule has 0 aromatic heterocycles. The Morgan fingerprint density at radius 3 is 2.55 bits per heavy atom. The molecule has 2 N–H and O–H groups in total. The Labute approximate surface area is 236 Å². The molecule has 2 aromatic carbocycles. The lowest BCUT2D eigenvalue weighted by Gasteiger charge is -2.35. The van der Waals surface area contributed by atoms with E-state index in [1.165, 1.54) is 0 Å². The van der Waals surface area contributed by atoms with Gasteiger partial charge in [-0.1, -0.05) is 49.7 Å². The summed E-state index contributed by atoms with van der Waals surface area (Å²) in [7, 11) is -1.28. The number of imide groups is 1. The number of fused-ring (bicyclic) bond motifs is 1. The number of piperidine rings is 1. The summed E-state index contributed by atoms with van der Waals surface area (Å²) >= 11 is 0. The van der Waals surface area contributed by atoms with E-state index in [0.717, 1.165) is 40.5 Å². The Morgan fingerprint density at radius 1 is 1.10 bits per heavy atom. The highest BCUT2D eigenvalue weighted by atomic mass is 28.3. The number of likely N-dealkylation sites (tertiary alicyclic amines) is 1. The number of ether oxygens (including phenoxy) is 1. The van der Waals surface area contributed by atoms with Gasteiger partial charge in [0.2, 0.25) is 11.8 Å². The molecular weight excluding hydrogens is 522 g/mol. The van der Waals surface area contributed by atoms with Gasteiger partial charge in [0.1, 0.15) is 12.8 Å². The summed E-state index contributed by atoms with van der Waals surface area (Å²) in [4.78, 5) is 52.9. The van der Waals surface area contributed by atoms with Crippen molar-refractivity contribution in [2.75, 3.05) is 13.3 Å². The van der Waals surface area contributed by atoms with E-state index < -0.39 is 20.0 Å². The van der Waals surface area contributed by atoms with Gasteiger partial charge < -0.3 is 15.4 Å². The number of nitrogens with two attached hydrogens (primary N) is 1. The van der Waals surface area contributed by atoms with Gasteiger partial charge in [-0.15, -0.1) is 0 Å². The van der Waals surface area contributed by atoms with Crippen LogP contribution in [0.3, 0.4) is 0 Å². The molecule has 8 nitrogen and oxygen atoms in total. The third-order valence-electron chi connectivity index (χ3n) is 7.26. The van der Waals surface area contributed by atoms with Crippen molar-refractivity contribution in [3.05, 3.63) is 70.3 Å². The highest BCUT2D eigenvalue weighted by molar-refractivity contribution is 6.76. The normalized spacial score (nSPS) is 17.1. The van der Waals surface area contributed by atoms with Crippen molar-refractivity contribution in [2.45, 2.75) is 70.4 Å². The lowest BCUT2D eigenvalue weighted by atomic mass is 10.0. The van der Waals surface area contributed by atoms with Gasteiger partial charge in [-0.3, -0.25) is 24.1 Å². The molecule has 2 aliphatic rings. The van der Waals surface area contributed by atoms with Crippen LogP contribution in [-0.4, -0.2) is 60.9 Å². The molecule has 2 heterocycles. The lowest BCUT2D eigenvalue weighted by Crippen LogP contribution is -2.55. The highest BCUT2D eigenvalue weighted by Crippen LogP contribution is 2.29. The molecule has 4 amide bonds. The summed E-state index contributed by atoms with van der Waals surface area (Å²) in [5, 5.41) is 0. The molecule has 4 rings (SSSR count). The van der Waals surface area contributed by atoms with Crippen LogP contribution in [0.4, 0.5) is 0 Å². The monoisotopic (exact) mass is 559 g/mol. The molecule has 2 aromatic rings. The summed E-state index contributed by atoms with van der Waals surface area (Å²) in [6.07, 6.45) is 2.92. The number of aryl methyl sites for hydroxylation is 1. The first-order valence-corrected chi connectivity index (χ1v) is 17.5. The maximum atomic E-state index is 13.3. The number of rotatable bonds is 10. The van der Waals surface area contributed by atoms with Crippen molar-refractivity contribution >= 4 is 31.7 Å². The van der Waals surface area contributed by atoms with E-state index in [0.29, 0.717) is 37.1 Å². The fourth-order valence-corrected chi connectivity index (χ4v) is 5.57. The SMILES string of the molecule is C[Si](C)(C)CCOCN1C(=O)CCC(N2Cc3ccc(C#CCCCc4ccc(C(N)=O)cc4)cc3C2=O)C1=O. The maximum Gasteiger partial charge on any atom is 0.255 e. The van der Waals surface area contributed by atoms with E-state index in [1.807, 2.05) is 24.3 Å².